The predicted molar refractivity (Wildman–Crippen MR) is 73.5 cm³/mol. The molecule has 0 saturated carbocycles. The monoisotopic (exact) mass is 275 g/mol. The quantitative estimate of drug-likeness (QED) is 0.865. The van der Waals surface area contributed by atoms with E-state index in [1.54, 1.807) is 25.3 Å². The van der Waals surface area contributed by atoms with Crippen molar-refractivity contribution in [1.82, 2.24) is 10.1 Å². The number of ether oxygens (including phenoxy) is 2. The van der Waals surface area contributed by atoms with Gasteiger partial charge in [-0.3, -0.25) is 0 Å². The van der Waals surface area contributed by atoms with Crippen LogP contribution in [0.15, 0.2) is 22.7 Å². The van der Waals surface area contributed by atoms with E-state index in [1.807, 2.05) is 0 Å². The number of benzene rings is 1. The first kappa shape index (κ1) is 12.9. The number of nitrogens with zero attached hydrogens (tertiary/aromatic N) is 2. The number of hydrogen-bond donors (Lipinski definition) is 1. The second kappa shape index (κ2) is 5.50. The Balaban J connectivity index is 1.89. The number of hydrogen-bond acceptors (Lipinski definition) is 6. The van der Waals surface area contributed by atoms with Gasteiger partial charge in [0.15, 0.2) is 5.82 Å². The van der Waals surface area contributed by atoms with Gasteiger partial charge in [0.25, 0.3) is 5.89 Å². The van der Waals surface area contributed by atoms with Gasteiger partial charge in [-0.1, -0.05) is 5.16 Å². The fraction of sp³-hybridized carbons (Fsp3) is 0.429. The fourth-order valence-electron chi connectivity index (χ4n) is 2.30. The van der Waals surface area contributed by atoms with E-state index in [0.717, 1.165) is 19.4 Å². The van der Waals surface area contributed by atoms with Crippen LogP contribution in [0, 0.1) is 0 Å². The molecule has 1 aromatic heterocycles. The van der Waals surface area contributed by atoms with Gasteiger partial charge in [-0.05, 0) is 31.0 Å². The minimum Gasteiger partial charge on any atom is -0.497 e. The van der Waals surface area contributed by atoms with E-state index < -0.39 is 0 Å². The molecule has 2 N–H and O–H groups in total. The third-order valence-corrected chi connectivity index (χ3v) is 3.46. The van der Waals surface area contributed by atoms with Crippen LogP contribution in [0.2, 0.25) is 0 Å². The van der Waals surface area contributed by atoms with E-state index in [2.05, 4.69) is 10.1 Å². The highest BCUT2D eigenvalue weighted by molar-refractivity contribution is 5.72. The summed E-state index contributed by atoms with van der Waals surface area (Å²) in [5, 5.41) is 4.05. The molecular weight excluding hydrogens is 258 g/mol. The SMILES string of the molecule is COc1ccc(N)c(-c2nc(C3CCCOC3)no2)c1. The highest BCUT2D eigenvalue weighted by Crippen LogP contribution is 2.30. The van der Waals surface area contributed by atoms with E-state index in [4.69, 9.17) is 19.7 Å². The maximum absolute atomic E-state index is 5.96. The van der Waals surface area contributed by atoms with Crippen molar-refractivity contribution in [3.8, 4) is 17.2 Å². The maximum Gasteiger partial charge on any atom is 0.260 e. The standard InChI is InChI=1S/C14H17N3O3/c1-18-10-4-5-12(15)11(7-10)14-16-13(17-20-14)9-3-2-6-19-8-9/h4-5,7,9H,2-3,6,8,15H2,1H3. The summed E-state index contributed by atoms with van der Waals surface area (Å²) in [6.45, 7) is 1.45. The van der Waals surface area contributed by atoms with Gasteiger partial charge in [0, 0.05) is 18.2 Å². The molecule has 1 saturated heterocycles. The lowest BCUT2D eigenvalue weighted by Gasteiger charge is -2.18. The largest absolute Gasteiger partial charge is 0.497 e. The minimum absolute atomic E-state index is 0.202. The van der Waals surface area contributed by atoms with E-state index in [9.17, 15) is 0 Å². The molecule has 0 spiro atoms. The summed E-state index contributed by atoms with van der Waals surface area (Å²) in [6.07, 6.45) is 2.04. The summed E-state index contributed by atoms with van der Waals surface area (Å²) >= 11 is 0. The molecule has 1 atom stereocenters. The molecule has 20 heavy (non-hydrogen) atoms. The minimum atomic E-state index is 0.202. The highest BCUT2D eigenvalue weighted by atomic mass is 16.5. The third kappa shape index (κ3) is 2.46. The first-order chi connectivity index (χ1) is 9.78. The molecule has 1 fully saturated rings. The molecule has 6 nitrogen and oxygen atoms in total. The van der Waals surface area contributed by atoms with Gasteiger partial charge in [0.1, 0.15) is 5.75 Å². The van der Waals surface area contributed by atoms with E-state index in [1.165, 1.54) is 0 Å². The van der Waals surface area contributed by atoms with Gasteiger partial charge in [-0.15, -0.1) is 0 Å². The molecule has 1 aliphatic heterocycles. The molecular formula is C14H17N3O3. The Bertz CT molecular complexity index is 591. The van der Waals surface area contributed by atoms with Crippen LogP contribution in [0.5, 0.6) is 5.75 Å². The van der Waals surface area contributed by atoms with Crippen molar-refractivity contribution in [1.29, 1.82) is 0 Å². The Hall–Kier alpha value is -2.08. The van der Waals surface area contributed by atoms with Crippen LogP contribution in [-0.2, 0) is 4.74 Å². The van der Waals surface area contributed by atoms with Crippen LogP contribution >= 0.6 is 0 Å². The average Bonchev–Trinajstić information content (AvgIpc) is 2.98. The van der Waals surface area contributed by atoms with Crippen LogP contribution in [-0.4, -0.2) is 30.5 Å². The molecule has 0 bridgehead atoms. The normalized spacial score (nSPS) is 18.9. The van der Waals surface area contributed by atoms with E-state index in [0.29, 0.717) is 35.3 Å². The van der Waals surface area contributed by atoms with Crippen LogP contribution in [0.3, 0.4) is 0 Å². The van der Waals surface area contributed by atoms with E-state index >= 15 is 0 Å². The summed E-state index contributed by atoms with van der Waals surface area (Å²) < 4.78 is 16.0. The Morgan fingerprint density at radius 3 is 3.05 bits per heavy atom. The summed E-state index contributed by atoms with van der Waals surface area (Å²) in [5.41, 5.74) is 7.23. The summed E-state index contributed by atoms with van der Waals surface area (Å²) in [6, 6.07) is 5.36. The number of anilines is 1. The average molecular weight is 275 g/mol. The van der Waals surface area contributed by atoms with Gasteiger partial charge in [0.2, 0.25) is 0 Å². The lowest BCUT2D eigenvalue weighted by molar-refractivity contribution is 0.0773. The topological polar surface area (TPSA) is 83.4 Å². The molecule has 6 heteroatoms. The Labute approximate surface area is 116 Å². The Morgan fingerprint density at radius 1 is 1.40 bits per heavy atom. The highest BCUT2D eigenvalue weighted by Gasteiger charge is 2.22. The van der Waals surface area contributed by atoms with Crippen LogP contribution in [0.4, 0.5) is 5.69 Å². The molecule has 2 heterocycles. The molecule has 0 amide bonds. The van der Waals surface area contributed by atoms with Crippen molar-refractivity contribution in [2.75, 3.05) is 26.1 Å². The van der Waals surface area contributed by atoms with Crippen molar-refractivity contribution in [2.24, 2.45) is 0 Å². The smallest absolute Gasteiger partial charge is 0.260 e. The van der Waals surface area contributed by atoms with Gasteiger partial charge < -0.3 is 19.7 Å². The Kier molecular flexibility index (Phi) is 3.56. The first-order valence-corrected chi connectivity index (χ1v) is 6.63. The van der Waals surface area contributed by atoms with Gasteiger partial charge in [0.05, 0.1) is 19.3 Å². The molecule has 0 radical (unpaired) electrons. The molecule has 106 valence electrons. The van der Waals surface area contributed by atoms with E-state index in [-0.39, 0.29) is 5.92 Å². The Morgan fingerprint density at radius 2 is 2.30 bits per heavy atom. The fourth-order valence-corrected chi connectivity index (χ4v) is 2.30. The van der Waals surface area contributed by atoms with Gasteiger partial charge in [-0.25, -0.2) is 0 Å². The molecule has 3 rings (SSSR count). The van der Waals surface area contributed by atoms with Gasteiger partial charge >= 0.3 is 0 Å². The number of rotatable bonds is 3. The second-order valence-electron chi connectivity index (χ2n) is 4.82. The molecule has 2 aromatic rings. The third-order valence-electron chi connectivity index (χ3n) is 3.46. The predicted octanol–water partition coefficient (Wildman–Crippen LogP) is 2.22. The summed E-state index contributed by atoms with van der Waals surface area (Å²) in [7, 11) is 1.61. The first-order valence-electron chi connectivity index (χ1n) is 6.63. The summed E-state index contributed by atoms with van der Waals surface area (Å²) in [5.74, 6) is 2.01. The second-order valence-corrected chi connectivity index (χ2v) is 4.82. The van der Waals surface area contributed by atoms with Crippen molar-refractivity contribution in [3.05, 3.63) is 24.0 Å². The lowest BCUT2D eigenvalue weighted by Crippen LogP contribution is -2.16. The molecule has 1 aliphatic rings. The maximum atomic E-state index is 5.96. The number of nitrogens with two attached hydrogens (primary N) is 1. The molecule has 1 unspecified atom stereocenters. The molecule has 1 aromatic carbocycles. The van der Waals surface area contributed by atoms with Crippen molar-refractivity contribution in [3.63, 3.8) is 0 Å². The van der Waals surface area contributed by atoms with Crippen molar-refractivity contribution >= 4 is 5.69 Å². The van der Waals surface area contributed by atoms with Crippen molar-refractivity contribution in [2.45, 2.75) is 18.8 Å². The lowest BCUT2D eigenvalue weighted by atomic mass is 10.0. The number of methoxy groups -OCH3 is 1. The number of aromatic nitrogens is 2. The molecule has 0 aliphatic carbocycles. The van der Waals surface area contributed by atoms with Crippen LogP contribution < -0.4 is 10.5 Å². The van der Waals surface area contributed by atoms with Crippen LogP contribution in [0.1, 0.15) is 24.6 Å². The zero-order chi connectivity index (χ0) is 13.9. The zero-order valence-electron chi connectivity index (χ0n) is 11.3. The number of nitrogen functional groups attached to an aromatic ring is 1. The van der Waals surface area contributed by atoms with Crippen LogP contribution in [0.25, 0.3) is 11.5 Å². The van der Waals surface area contributed by atoms with Gasteiger partial charge in [-0.2, -0.15) is 4.98 Å². The summed E-state index contributed by atoms with van der Waals surface area (Å²) in [4.78, 5) is 4.45. The van der Waals surface area contributed by atoms with Crippen molar-refractivity contribution < 1.29 is 14.0 Å². The zero-order valence-corrected chi connectivity index (χ0v) is 11.3.